The minimum absolute atomic E-state index is 0.498. The van der Waals surface area contributed by atoms with Crippen LogP contribution in [0.3, 0.4) is 0 Å². The van der Waals surface area contributed by atoms with Gasteiger partial charge in [-0.25, -0.2) is 9.97 Å². The number of benzene rings is 1. The SMILES string of the molecule is COCCCNc1nc(Nc2ccc(Cl)cc2C)c2nccnc2n1. The molecule has 0 aliphatic rings. The van der Waals surface area contributed by atoms with Crippen LogP contribution in [0.1, 0.15) is 12.0 Å². The van der Waals surface area contributed by atoms with Gasteiger partial charge in [-0.3, -0.25) is 0 Å². The van der Waals surface area contributed by atoms with Gasteiger partial charge in [-0.15, -0.1) is 0 Å². The van der Waals surface area contributed by atoms with Gasteiger partial charge < -0.3 is 15.4 Å². The van der Waals surface area contributed by atoms with E-state index in [0.717, 1.165) is 17.7 Å². The van der Waals surface area contributed by atoms with Crippen molar-refractivity contribution in [2.24, 2.45) is 0 Å². The molecule has 25 heavy (non-hydrogen) atoms. The Kier molecular flexibility index (Phi) is 5.57. The molecule has 0 radical (unpaired) electrons. The Balaban J connectivity index is 1.91. The molecule has 0 saturated heterocycles. The van der Waals surface area contributed by atoms with Crippen LogP contribution in [-0.4, -0.2) is 40.2 Å². The van der Waals surface area contributed by atoms with E-state index in [9.17, 15) is 0 Å². The second kappa shape index (κ2) is 8.04. The zero-order valence-corrected chi connectivity index (χ0v) is 14.8. The molecule has 0 amide bonds. The largest absolute Gasteiger partial charge is 0.385 e. The van der Waals surface area contributed by atoms with Gasteiger partial charge in [0.25, 0.3) is 0 Å². The number of anilines is 3. The fraction of sp³-hybridized carbons (Fsp3) is 0.294. The summed E-state index contributed by atoms with van der Waals surface area (Å²) in [5, 5.41) is 7.19. The van der Waals surface area contributed by atoms with E-state index in [1.807, 2.05) is 25.1 Å². The number of halogens is 1. The maximum absolute atomic E-state index is 6.03. The lowest BCUT2D eigenvalue weighted by atomic mass is 10.2. The third-order valence-corrected chi connectivity index (χ3v) is 3.82. The summed E-state index contributed by atoms with van der Waals surface area (Å²) in [5.41, 5.74) is 3.05. The molecule has 2 heterocycles. The molecule has 0 spiro atoms. The van der Waals surface area contributed by atoms with E-state index in [2.05, 4.69) is 30.6 Å². The van der Waals surface area contributed by atoms with E-state index in [1.54, 1.807) is 19.5 Å². The zero-order valence-electron chi connectivity index (χ0n) is 14.1. The Morgan fingerprint density at radius 2 is 2.00 bits per heavy atom. The van der Waals surface area contributed by atoms with E-state index >= 15 is 0 Å². The summed E-state index contributed by atoms with van der Waals surface area (Å²) in [7, 11) is 1.68. The van der Waals surface area contributed by atoms with Crippen LogP contribution < -0.4 is 10.6 Å². The highest BCUT2D eigenvalue weighted by atomic mass is 35.5. The second-order valence-corrected chi connectivity index (χ2v) is 5.92. The zero-order chi connectivity index (χ0) is 17.6. The highest BCUT2D eigenvalue weighted by Gasteiger charge is 2.11. The number of methoxy groups -OCH3 is 1. The Hall–Kier alpha value is -2.51. The van der Waals surface area contributed by atoms with Crippen LogP contribution in [0.15, 0.2) is 30.6 Å². The van der Waals surface area contributed by atoms with Crippen LogP contribution in [0.25, 0.3) is 11.2 Å². The lowest BCUT2D eigenvalue weighted by Crippen LogP contribution is -2.10. The molecule has 7 nitrogen and oxygen atoms in total. The average molecular weight is 359 g/mol. The van der Waals surface area contributed by atoms with Crippen LogP contribution in [0, 0.1) is 6.92 Å². The number of hydrogen-bond donors (Lipinski definition) is 2. The van der Waals surface area contributed by atoms with Gasteiger partial charge in [0.15, 0.2) is 17.0 Å². The second-order valence-electron chi connectivity index (χ2n) is 5.48. The quantitative estimate of drug-likeness (QED) is 0.624. The predicted molar refractivity (Wildman–Crippen MR) is 99.6 cm³/mol. The molecule has 0 aliphatic carbocycles. The maximum atomic E-state index is 6.03. The van der Waals surface area contributed by atoms with Crippen molar-refractivity contribution >= 4 is 40.2 Å². The number of rotatable bonds is 7. The van der Waals surface area contributed by atoms with Crippen molar-refractivity contribution in [3.8, 4) is 0 Å². The van der Waals surface area contributed by atoms with Gasteiger partial charge in [0.05, 0.1) is 0 Å². The molecule has 8 heteroatoms. The normalized spacial score (nSPS) is 10.8. The van der Waals surface area contributed by atoms with Crippen LogP contribution in [0.4, 0.5) is 17.5 Å². The first-order valence-electron chi connectivity index (χ1n) is 7.92. The van der Waals surface area contributed by atoms with E-state index in [1.165, 1.54) is 0 Å². The molecule has 130 valence electrons. The fourth-order valence-corrected chi connectivity index (χ4v) is 2.57. The summed E-state index contributed by atoms with van der Waals surface area (Å²) in [6, 6.07) is 5.63. The summed E-state index contributed by atoms with van der Waals surface area (Å²) < 4.78 is 5.05. The summed E-state index contributed by atoms with van der Waals surface area (Å²) in [6.07, 6.45) is 4.09. The smallest absolute Gasteiger partial charge is 0.226 e. The average Bonchev–Trinajstić information content (AvgIpc) is 2.61. The Labute approximate surface area is 150 Å². The molecule has 3 rings (SSSR count). The van der Waals surface area contributed by atoms with Crippen molar-refractivity contribution in [3.63, 3.8) is 0 Å². The van der Waals surface area contributed by atoms with Crippen molar-refractivity contribution in [1.82, 2.24) is 19.9 Å². The summed E-state index contributed by atoms with van der Waals surface area (Å²) >= 11 is 6.03. The molecule has 0 unspecified atom stereocenters. The van der Waals surface area contributed by atoms with E-state index in [0.29, 0.717) is 41.1 Å². The molecule has 3 aromatic rings. The first-order valence-corrected chi connectivity index (χ1v) is 8.30. The van der Waals surface area contributed by atoms with Crippen molar-refractivity contribution in [3.05, 3.63) is 41.2 Å². The van der Waals surface area contributed by atoms with E-state index in [4.69, 9.17) is 16.3 Å². The van der Waals surface area contributed by atoms with Crippen LogP contribution in [0.2, 0.25) is 5.02 Å². The summed E-state index contributed by atoms with van der Waals surface area (Å²) in [5.74, 6) is 1.09. The van der Waals surface area contributed by atoms with Crippen molar-refractivity contribution in [2.45, 2.75) is 13.3 Å². The Morgan fingerprint density at radius 1 is 1.16 bits per heavy atom. The third-order valence-electron chi connectivity index (χ3n) is 3.58. The molecular formula is C17H19ClN6O. The fourth-order valence-electron chi connectivity index (χ4n) is 2.34. The molecular weight excluding hydrogens is 340 g/mol. The first kappa shape index (κ1) is 17.3. The van der Waals surface area contributed by atoms with Crippen LogP contribution >= 0.6 is 11.6 Å². The monoisotopic (exact) mass is 358 g/mol. The van der Waals surface area contributed by atoms with E-state index < -0.39 is 0 Å². The molecule has 1 aromatic carbocycles. The number of nitrogens with zero attached hydrogens (tertiary/aromatic N) is 4. The standard InChI is InChI=1S/C17H19ClN6O/c1-11-10-12(18)4-5-13(11)22-16-14-15(20-8-7-19-14)23-17(24-16)21-6-3-9-25-2/h4-5,7-8,10H,3,6,9H2,1-2H3,(H2,20,21,22,23,24). The first-order chi connectivity index (χ1) is 12.2. The van der Waals surface area contributed by atoms with Gasteiger partial charge in [-0.2, -0.15) is 9.97 Å². The van der Waals surface area contributed by atoms with Crippen LogP contribution in [0.5, 0.6) is 0 Å². The lowest BCUT2D eigenvalue weighted by molar-refractivity contribution is 0.197. The molecule has 0 bridgehead atoms. The van der Waals surface area contributed by atoms with Gasteiger partial charge in [0.2, 0.25) is 5.95 Å². The Bertz CT molecular complexity index is 873. The van der Waals surface area contributed by atoms with Gasteiger partial charge >= 0.3 is 0 Å². The van der Waals surface area contributed by atoms with Crippen molar-refractivity contribution in [2.75, 3.05) is 30.9 Å². The molecule has 0 aliphatic heterocycles. The maximum Gasteiger partial charge on any atom is 0.226 e. The summed E-state index contributed by atoms with van der Waals surface area (Å²) in [4.78, 5) is 17.6. The highest BCUT2D eigenvalue weighted by molar-refractivity contribution is 6.30. The topological polar surface area (TPSA) is 84.9 Å². The van der Waals surface area contributed by atoms with Gasteiger partial charge in [0.1, 0.15) is 0 Å². The molecule has 0 atom stereocenters. The Morgan fingerprint density at radius 3 is 2.80 bits per heavy atom. The summed E-state index contributed by atoms with van der Waals surface area (Å²) in [6.45, 7) is 3.36. The number of nitrogens with one attached hydrogen (secondary N) is 2. The number of fused-ring (bicyclic) bond motifs is 1. The van der Waals surface area contributed by atoms with Crippen LogP contribution in [-0.2, 0) is 4.74 Å². The number of aryl methyl sites for hydroxylation is 1. The van der Waals surface area contributed by atoms with Gasteiger partial charge in [-0.1, -0.05) is 11.6 Å². The molecule has 2 N–H and O–H groups in total. The molecule has 0 fully saturated rings. The lowest BCUT2D eigenvalue weighted by Gasteiger charge is -2.12. The van der Waals surface area contributed by atoms with Crippen molar-refractivity contribution < 1.29 is 4.74 Å². The third kappa shape index (κ3) is 4.32. The van der Waals surface area contributed by atoms with Crippen molar-refractivity contribution in [1.29, 1.82) is 0 Å². The molecule has 2 aromatic heterocycles. The van der Waals surface area contributed by atoms with E-state index in [-0.39, 0.29) is 0 Å². The minimum Gasteiger partial charge on any atom is -0.385 e. The number of aromatic nitrogens is 4. The minimum atomic E-state index is 0.498. The number of hydrogen-bond acceptors (Lipinski definition) is 7. The highest BCUT2D eigenvalue weighted by Crippen LogP contribution is 2.26. The molecule has 0 saturated carbocycles. The van der Waals surface area contributed by atoms with Gasteiger partial charge in [0, 0.05) is 43.4 Å². The number of ether oxygens (including phenoxy) is 1. The van der Waals surface area contributed by atoms with Gasteiger partial charge in [-0.05, 0) is 37.1 Å². The predicted octanol–water partition coefficient (Wildman–Crippen LogP) is 3.57.